The molecule has 2 aromatic carbocycles. The first-order valence-corrected chi connectivity index (χ1v) is 8.12. The summed E-state index contributed by atoms with van der Waals surface area (Å²) in [5.41, 5.74) is 1.87. The minimum absolute atomic E-state index is 0.0125. The Kier molecular flexibility index (Phi) is 4.90. The van der Waals surface area contributed by atoms with Crippen molar-refractivity contribution in [2.75, 3.05) is 12.4 Å². The first-order chi connectivity index (χ1) is 12.4. The first kappa shape index (κ1) is 17.9. The number of carbonyl (C=O) groups excluding carboxylic acids is 1. The van der Waals surface area contributed by atoms with Gasteiger partial charge in [0.1, 0.15) is 17.4 Å². The Morgan fingerprint density at radius 2 is 1.92 bits per heavy atom. The molecule has 0 aliphatic carbocycles. The van der Waals surface area contributed by atoms with Crippen molar-refractivity contribution in [2.24, 2.45) is 0 Å². The molecule has 0 atom stereocenters. The number of hydrogen-bond acceptors (Lipinski definition) is 4. The lowest BCUT2D eigenvalue weighted by Crippen LogP contribution is -2.15. The van der Waals surface area contributed by atoms with E-state index >= 15 is 0 Å². The Hall–Kier alpha value is -2.93. The van der Waals surface area contributed by atoms with Crippen LogP contribution in [0.3, 0.4) is 0 Å². The summed E-state index contributed by atoms with van der Waals surface area (Å²) >= 11 is 6.07. The van der Waals surface area contributed by atoms with Gasteiger partial charge in [-0.1, -0.05) is 11.6 Å². The van der Waals surface area contributed by atoms with Gasteiger partial charge in [-0.05, 0) is 49.7 Å². The molecule has 26 heavy (non-hydrogen) atoms. The lowest BCUT2D eigenvalue weighted by atomic mass is 10.2. The van der Waals surface area contributed by atoms with Crippen LogP contribution < -0.4 is 10.1 Å². The van der Waals surface area contributed by atoms with E-state index in [0.717, 1.165) is 5.56 Å². The highest BCUT2D eigenvalue weighted by molar-refractivity contribution is 6.31. The van der Waals surface area contributed by atoms with Crippen LogP contribution in [-0.4, -0.2) is 27.8 Å². The molecule has 1 amide bonds. The van der Waals surface area contributed by atoms with Gasteiger partial charge in [0, 0.05) is 11.1 Å². The molecular weight excluding hydrogens is 359 g/mol. The third-order valence-electron chi connectivity index (χ3n) is 3.77. The van der Waals surface area contributed by atoms with E-state index in [1.807, 2.05) is 6.92 Å². The smallest absolute Gasteiger partial charge is 0.295 e. The minimum atomic E-state index is -0.492. The molecule has 0 spiro atoms. The van der Waals surface area contributed by atoms with Crippen LogP contribution in [0.25, 0.3) is 5.69 Å². The molecule has 134 valence electrons. The molecule has 0 aliphatic rings. The van der Waals surface area contributed by atoms with Gasteiger partial charge in [0.05, 0.1) is 18.5 Å². The maximum Gasteiger partial charge on any atom is 0.295 e. The van der Waals surface area contributed by atoms with Crippen molar-refractivity contribution in [3.8, 4) is 11.4 Å². The fourth-order valence-electron chi connectivity index (χ4n) is 2.42. The van der Waals surface area contributed by atoms with E-state index in [4.69, 9.17) is 16.3 Å². The number of rotatable bonds is 4. The summed E-state index contributed by atoms with van der Waals surface area (Å²) in [6.45, 7) is 3.53. The van der Waals surface area contributed by atoms with Crippen molar-refractivity contribution in [2.45, 2.75) is 13.8 Å². The monoisotopic (exact) mass is 374 g/mol. The summed E-state index contributed by atoms with van der Waals surface area (Å²) in [6, 6.07) is 9.09. The number of anilines is 1. The minimum Gasteiger partial charge on any atom is -0.495 e. The molecule has 0 unspecified atom stereocenters. The fourth-order valence-corrected chi connectivity index (χ4v) is 2.57. The van der Waals surface area contributed by atoms with Gasteiger partial charge in [-0.3, -0.25) is 4.79 Å². The molecule has 6 nitrogen and oxygen atoms in total. The molecule has 0 fully saturated rings. The maximum atomic E-state index is 13.1. The van der Waals surface area contributed by atoms with E-state index in [1.165, 1.54) is 23.9 Å². The number of benzene rings is 2. The van der Waals surface area contributed by atoms with Crippen molar-refractivity contribution < 1.29 is 13.9 Å². The van der Waals surface area contributed by atoms with Crippen LogP contribution in [0.5, 0.6) is 5.75 Å². The molecule has 0 radical (unpaired) electrons. The van der Waals surface area contributed by atoms with E-state index in [-0.39, 0.29) is 11.6 Å². The summed E-state index contributed by atoms with van der Waals surface area (Å²) in [6.07, 6.45) is 0. The largest absolute Gasteiger partial charge is 0.495 e. The average molecular weight is 375 g/mol. The van der Waals surface area contributed by atoms with E-state index in [9.17, 15) is 9.18 Å². The van der Waals surface area contributed by atoms with Crippen molar-refractivity contribution in [3.05, 3.63) is 64.5 Å². The summed E-state index contributed by atoms with van der Waals surface area (Å²) in [7, 11) is 1.49. The van der Waals surface area contributed by atoms with Crippen LogP contribution in [-0.2, 0) is 0 Å². The molecule has 1 N–H and O–H groups in total. The molecule has 0 saturated carbocycles. The van der Waals surface area contributed by atoms with Crippen LogP contribution >= 0.6 is 11.6 Å². The van der Waals surface area contributed by atoms with Crippen molar-refractivity contribution in [1.82, 2.24) is 14.8 Å². The Morgan fingerprint density at radius 1 is 1.23 bits per heavy atom. The zero-order chi connectivity index (χ0) is 18.8. The number of aryl methyl sites for hydroxylation is 2. The summed E-state index contributed by atoms with van der Waals surface area (Å²) in [5, 5.41) is 7.47. The fraction of sp³-hybridized carbons (Fsp3) is 0.167. The zero-order valence-corrected chi connectivity index (χ0v) is 15.1. The molecule has 3 rings (SSSR count). The van der Waals surface area contributed by atoms with Gasteiger partial charge in [0.15, 0.2) is 0 Å². The third kappa shape index (κ3) is 3.52. The molecule has 3 aromatic rings. The summed E-state index contributed by atoms with van der Waals surface area (Å²) in [5.74, 6) is 0.0785. The number of ether oxygens (including phenoxy) is 1. The Balaban J connectivity index is 1.89. The Labute approximate surface area is 154 Å². The quantitative estimate of drug-likeness (QED) is 0.751. The van der Waals surface area contributed by atoms with Crippen molar-refractivity contribution in [3.63, 3.8) is 0 Å². The SMILES string of the molecule is COc1cc(Cl)c(C)cc1NC(=O)c1nc(C)n(-c2ccc(F)cc2)n1. The molecule has 1 heterocycles. The number of nitrogens with zero attached hydrogens (tertiary/aromatic N) is 3. The van der Waals surface area contributed by atoms with E-state index in [1.54, 1.807) is 31.2 Å². The van der Waals surface area contributed by atoms with Crippen molar-refractivity contribution in [1.29, 1.82) is 0 Å². The summed E-state index contributed by atoms with van der Waals surface area (Å²) < 4.78 is 19.8. The van der Waals surface area contributed by atoms with Gasteiger partial charge in [0.25, 0.3) is 5.91 Å². The standard InChI is InChI=1S/C18H16ClFN4O2/c1-10-8-15(16(26-3)9-14(10)19)22-18(25)17-21-11(2)24(23-17)13-6-4-12(20)5-7-13/h4-9H,1-3H3,(H,22,25). The predicted molar refractivity (Wildman–Crippen MR) is 96.7 cm³/mol. The number of nitrogens with one attached hydrogen (secondary N) is 1. The van der Waals surface area contributed by atoms with Gasteiger partial charge in [-0.15, -0.1) is 5.10 Å². The molecule has 1 aromatic heterocycles. The van der Waals surface area contributed by atoms with Crippen molar-refractivity contribution >= 4 is 23.2 Å². The Bertz CT molecular complexity index is 970. The highest BCUT2D eigenvalue weighted by Gasteiger charge is 2.18. The maximum absolute atomic E-state index is 13.1. The summed E-state index contributed by atoms with van der Waals surface area (Å²) in [4.78, 5) is 16.7. The van der Waals surface area contributed by atoms with Crippen LogP contribution in [0.2, 0.25) is 5.02 Å². The number of methoxy groups -OCH3 is 1. The van der Waals surface area contributed by atoms with Gasteiger partial charge in [-0.25, -0.2) is 14.1 Å². The molecule has 8 heteroatoms. The highest BCUT2D eigenvalue weighted by Crippen LogP contribution is 2.31. The van der Waals surface area contributed by atoms with Crippen LogP contribution in [0.15, 0.2) is 36.4 Å². The molecular formula is C18H16ClFN4O2. The zero-order valence-electron chi connectivity index (χ0n) is 14.4. The van der Waals surface area contributed by atoms with Gasteiger partial charge in [0.2, 0.25) is 5.82 Å². The van der Waals surface area contributed by atoms with E-state index in [2.05, 4.69) is 15.4 Å². The predicted octanol–water partition coefficient (Wildman–Crippen LogP) is 3.94. The topological polar surface area (TPSA) is 69.0 Å². The number of aromatic nitrogens is 3. The second-order valence-electron chi connectivity index (χ2n) is 5.63. The number of amides is 1. The lowest BCUT2D eigenvalue weighted by molar-refractivity contribution is 0.101. The van der Waals surface area contributed by atoms with Crippen LogP contribution in [0, 0.1) is 19.7 Å². The van der Waals surface area contributed by atoms with E-state index < -0.39 is 5.91 Å². The number of carbonyl (C=O) groups is 1. The second kappa shape index (κ2) is 7.13. The van der Waals surface area contributed by atoms with Crippen LogP contribution in [0.1, 0.15) is 22.0 Å². The van der Waals surface area contributed by atoms with Gasteiger partial charge in [-0.2, -0.15) is 0 Å². The molecule has 0 saturated heterocycles. The first-order valence-electron chi connectivity index (χ1n) is 7.74. The second-order valence-corrected chi connectivity index (χ2v) is 6.03. The number of hydrogen-bond donors (Lipinski definition) is 1. The van der Waals surface area contributed by atoms with E-state index in [0.29, 0.717) is 28.0 Å². The van der Waals surface area contributed by atoms with Gasteiger partial charge < -0.3 is 10.1 Å². The molecule has 0 aliphatic heterocycles. The number of halogens is 2. The highest BCUT2D eigenvalue weighted by atomic mass is 35.5. The normalized spacial score (nSPS) is 10.7. The molecule has 0 bridgehead atoms. The van der Waals surface area contributed by atoms with Crippen LogP contribution in [0.4, 0.5) is 10.1 Å². The average Bonchev–Trinajstić information content (AvgIpc) is 3.00. The lowest BCUT2D eigenvalue weighted by Gasteiger charge is -2.11. The van der Waals surface area contributed by atoms with Gasteiger partial charge >= 0.3 is 0 Å². The third-order valence-corrected chi connectivity index (χ3v) is 4.18. The Morgan fingerprint density at radius 3 is 2.58 bits per heavy atom.